The van der Waals surface area contributed by atoms with E-state index in [2.05, 4.69) is 55.0 Å². The van der Waals surface area contributed by atoms with E-state index in [9.17, 15) is 4.79 Å². The maximum atomic E-state index is 13.5. The number of benzene rings is 1. The number of rotatable bonds is 4. The van der Waals surface area contributed by atoms with Crippen LogP contribution in [0, 0.1) is 16.7 Å². The minimum absolute atomic E-state index is 0.0433. The van der Waals surface area contributed by atoms with Gasteiger partial charge in [0.05, 0.1) is 6.54 Å². The third-order valence-electron chi connectivity index (χ3n) is 8.19. The molecule has 4 nitrogen and oxygen atoms in total. The molecule has 1 heterocycles. The highest BCUT2D eigenvalue weighted by atomic mass is 16.2. The van der Waals surface area contributed by atoms with Gasteiger partial charge in [0.25, 0.3) is 5.91 Å². The summed E-state index contributed by atoms with van der Waals surface area (Å²) in [5.74, 6) is 0.768. The molecule has 2 saturated carbocycles. The molecule has 1 N–H and O–H groups in total. The summed E-state index contributed by atoms with van der Waals surface area (Å²) in [6.07, 6.45) is 8.11. The van der Waals surface area contributed by atoms with Crippen molar-refractivity contribution in [2.24, 2.45) is 16.7 Å². The minimum atomic E-state index is 0.0433. The molecule has 1 aromatic carbocycles. The Balaban J connectivity index is 1.44. The molecule has 1 aromatic heterocycles. The van der Waals surface area contributed by atoms with Crippen LogP contribution in [0.25, 0.3) is 0 Å². The van der Waals surface area contributed by atoms with Crippen molar-refractivity contribution < 1.29 is 4.79 Å². The Hall–Kier alpha value is -2.10. The lowest BCUT2D eigenvalue weighted by Crippen LogP contribution is -2.52. The smallest absolute Gasteiger partial charge is 0.272 e. The van der Waals surface area contributed by atoms with Crippen LogP contribution in [0.15, 0.2) is 30.3 Å². The topological polar surface area (TPSA) is 46.9 Å². The zero-order valence-corrected chi connectivity index (χ0v) is 18.0. The summed E-state index contributed by atoms with van der Waals surface area (Å²) in [5.41, 5.74) is 4.76. The SMILES string of the molecule is CC12CCC(C1)C(C)(C)[C@@H]2NC(=O)c1nn(Cc2ccccc2)c2c1CCCC2. The second kappa shape index (κ2) is 6.72. The Kier molecular flexibility index (Phi) is 4.38. The van der Waals surface area contributed by atoms with Crippen LogP contribution in [0.2, 0.25) is 0 Å². The number of nitrogens with zero attached hydrogens (tertiary/aromatic N) is 2. The minimum Gasteiger partial charge on any atom is -0.347 e. The van der Waals surface area contributed by atoms with Gasteiger partial charge in [-0.3, -0.25) is 9.48 Å². The number of carbonyl (C=O) groups excluding carboxylic acids is 1. The predicted molar refractivity (Wildman–Crippen MR) is 115 cm³/mol. The molecule has 0 saturated heterocycles. The van der Waals surface area contributed by atoms with Gasteiger partial charge in [0, 0.05) is 17.3 Å². The van der Waals surface area contributed by atoms with Crippen LogP contribution < -0.4 is 5.32 Å². The molecule has 0 spiro atoms. The van der Waals surface area contributed by atoms with E-state index in [0.717, 1.165) is 31.7 Å². The summed E-state index contributed by atoms with van der Waals surface area (Å²) in [5, 5.41) is 8.34. The third kappa shape index (κ3) is 3.03. The van der Waals surface area contributed by atoms with Gasteiger partial charge in [0.2, 0.25) is 0 Å². The van der Waals surface area contributed by atoms with Gasteiger partial charge in [-0.25, -0.2) is 0 Å². The standard InChI is InChI=1S/C25H33N3O/c1-24(2)18-13-14-25(3,15-18)23(24)26-22(29)21-19-11-7-8-12-20(19)28(27-21)16-17-9-5-4-6-10-17/h4-6,9-10,18,23H,7-8,11-16H2,1-3H3,(H,26,29)/t18?,23-,25?/m0/s1. The van der Waals surface area contributed by atoms with Gasteiger partial charge in [0.15, 0.2) is 5.69 Å². The number of aromatic nitrogens is 2. The fourth-order valence-electron chi connectivity index (χ4n) is 6.60. The van der Waals surface area contributed by atoms with E-state index in [4.69, 9.17) is 5.10 Å². The molecule has 3 atom stereocenters. The van der Waals surface area contributed by atoms with Crippen molar-refractivity contribution in [3.63, 3.8) is 0 Å². The van der Waals surface area contributed by atoms with Crippen LogP contribution in [0.1, 0.15) is 80.2 Å². The van der Waals surface area contributed by atoms with E-state index in [0.29, 0.717) is 5.69 Å². The van der Waals surface area contributed by atoms with Crippen molar-refractivity contribution in [2.45, 2.75) is 78.3 Å². The highest BCUT2D eigenvalue weighted by molar-refractivity contribution is 5.94. The summed E-state index contributed by atoms with van der Waals surface area (Å²) in [4.78, 5) is 13.5. The average molecular weight is 392 g/mol. The highest BCUT2D eigenvalue weighted by Crippen LogP contribution is 2.62. The van der Waals surface area contributed by atoms with E-state index in [1.54, 1.807) is 0 Å². The van der Waals surface area contributed by atoms with Gasteiger partial charge in [-0.2, -0.15) is 5.10 Å². The van der Waals surface area contributed by atoms with Crippen LogP contribution in [0.5, 0.6) is 0 Å². The van der Waals surface area contributed by atoms with E-state index >= 15 is 0 Å². The maximum Gasteiger partial charge on any atom is 0.272 e. The fraction of sp³-hybridized carbons (Fsp3) is 0.600. The fourth-order valence-corrected chi connectivity index (χ4v) is 6.60. The molecule has 5 rings (SSSR count). The molecule has 1 amide bonds. The molecule has 3 aliphatic rings. The Bertz CT molecular complexity index is 924. The second-order valence-electron chi connectivity index (χ2n) is 10.4. The molecule has 0 radical (unpaired) electrons. The Morgan fingerprint density at radius 3 is 2.66 bits per heavy atom. The number of hydrogen-bond acceptors (Lipinski definition) is 2. The predicted octanol–water partition coefficient (Wildman–Crippen LogP) is 4.75. The van der Waals surface area contributed by atoms with Gasteiger partial charge in [-0.1, -0.05) is 51.1 Å². The number of carbonyl (C=O) groups is 1. The lowest BCUT2D eigenvalue weighted by atomic mass is 9.68. The largest absolute Gasteiger partial charge is 0.347 e. The van der Waals surface area contributed by atoms with Crippen LogP contribution in [0.4, 0.5) is 0 Å². The quantitative estimate of drug-likeness (QED) is 0.817. The molecular formula is C25H33N3O. The molecule has 29 heavy (non-hydrogen) atoms. The zero-order valence-electron chi connectivity index (χ0n) is 18.0. The number of amides is 1. The number of hydrogen-bond donors (Lipinski definition) is 1. The van der Waals surface area contributed by atoms with Crippen molar-refractivity contribution >= 4 is 5.91 Å². The van der Waals surface area contributed by atoms with Crippen molar-refractivity contribution in [3.8, 4) is 0 Å². The molecular weight excluding hydrogens is 358 g/mol. The van der Waals surface area contributed by atoms with Crippen molar-refractivity contribution in [1.29, 1.82) is 0 Å². The first-order valence-electron chi connectivity index (χ1n) is 11.3. The number of nitrogens with one attached hydrogen (secondary N) is 1. The first-order valence-corrected chi connectivity index (χ1v) is 11.3. The van der Waals surface area contributed by atoms with Crippen molar-refractivity contribution in [2.75, 3.05) is 0 Å². The Labute approximate surface area is 174 Å². The molecule has 154 valence electrons. The van der Waals surface area contributed by atoms with E-state index in [1.165, 1.54) is 42.5 Å². The Morgan fingerprint density at radius 2 is 1.93 bits per heavy atom. The normalized spacial score (nSPS) is 29.6. The summed E-state index contributed by atoms with van der Waals surface area (Å²) in [6.45, 7) is 7.80. The molecule has 2 fully saturated rings. The third-order valence-corrected chi connectivity index (χ3v) is 8.19. The van der Waals surface area contributed by atoms with Gasteiger partial charge in [-0.15, -0.1) is 0 Å². The molecule has 4 heteroatoms. The Morgan fingerprint density at radius 1 is 1.17 bits per heavy atom. The molecule has 3 aliphatic carbocycles. The molecule has 2 aromatic rings. The number of fused-ring (bicyclic) bond motifs is 3. The summed E-state index contributed by atoms with van der Waals surface area (Å²) < 4.78 is 2.09. The van der Waals surface area contributed by atoms with Crippen LogP contribution in [-0.2, 0) is 19.4 Å². The van der Waals surface area contributed by atoms with E-state index in [-0.39, 0.29) is 22.8 Å². The van der Waals surface area contributed by atoms with Gasteiger partial charge < -0.3 is 5.32 Å². The van der Waals surface area contributed by atoms with Gasteiger partial charge in [0.1, 0.15) is 0 Å². The monoisotopic (exact) mass is 391 g/mol. The lowest BCUT2D eigenvalue weighted by molar-refractivity contribution is 0.0731. The maximum absolute atomic E-state index is 13.5. The van der Waals surface area contributed by atoms with Gasteiger partial charge in [-0.05, 0) is 67.3 Å². The molecule has 2 unspecified atom stereocenters. The van der Waals surface area contributed by atoms with Crippen LogP contribution >= 0.6 is 0 Å². The zero-order chi connectivity index (χ0) is 20.2. The van der Waals surface area contributed by atoms with Crippen LogP contribution in [-0.4, -0.2) is 21.7 Å². The van der Waals surface area contributed by atoms with E-state index in [1.807, 2.05) is 6.07 Å². The molecule has 2 bridgehead atoms. The van der Waals surface area contributed by atoms with Crippen molar-refractivity contribution in [1.82, 2.24) is 15.1 Å². The van der Waals surface area contributed by atoms with Crippen molar-refractivity contribution in [3.05, 3.63) is 52.8 Å². The highest BCUT2D eigenvalue weighted by Gasteiger charge is 2.59. The summed E-state index contributed by atoms with van der Waals surface area (Å²) in [6, 6.07) is 10.7. The molecule has 0 aliphatic heterocycles. The van der Waals surface area contributed by atoms with Gasteiger partial charge >= 0.3 is 0 Å². The van der Waals surface area contributed by atoms with E-state index < -0.39 is 0 Å². The van der Waals surface area contributed by atoms with Crippen LogP contribution in [0.3, 0.4) is 0 Å². The first kappa shape index (κ1) is 18.9. The average Bonchev–Trinajstić information content (AvgIpc) is 3.33. The summed E-state index contributed by atoms with van der Waals surface area (Å²) >= 11 is 0. The summed E-state index contributed by atoms with van der Waals surface area (Å²) in [7, 11) is 0. The lowest BCUT2D eigenvalue weighted by Gasteiger charge is -2.43. The first-order chi connectivity index (χ1) is 13.9. The second-order valence-corrected chi connectivity index (χ2v) is 10.4.